The van der Waals surface area contributed by atoms with E-state index in [2.05, 4.69) is 45.9 Å². The molecule has 2 rings (SSSR count). The highest BCUT2D eigenvalue weighted by molar-refractivity contribution is 5.57. The number of hydrogen-bond acceptors (Lipinski definition) is 5. The molecule has 5 nitrogen and oxygen atoms in total. The fraction of sp³-hybridized carbons (Fsp3) is 0.714. The second kappa shape index (κ2) is 6.19. The van der Waals surface area contributed by atoms with E-state index < -0.39 is 0 Å². The van der Waals surface area contributed by atoms with Crippen LogP contribution in [0.4, 0.5) is 11.6 Å². The molecule has 0 radical (unpaired) electrons. The fourth-order valence-electron chi connectivity index (χ4n) is 2.64. The molecule has 0 amide bonds. The smallest absolute Gasteiger partial charge is 0.137 e. The van der Waals surface area contributed by atoms with Crippen molar-refractivity contribution < 1.29 is 0 Å². The second-order valence-corrected chi connectivity index (χ2v) is 5.20. The fourth-order valence-corrected chi connectivity index (χ4v) is 2.64. The number of nitrogens with zero attached hydrogens (tertiary/aromatic N) is 4. The van der Waals surface area contributed by atoms with Crippen molar-refractivity contribution in [2.75, 3.05) is 43.4 Å². The second-order valence-electron chi connectivity index (χ2n) is 5.20. The summed E-state index contributed by atoms with van der Waals surface area (Å²) >= 11 is 0. The zero-order valence-electron chi connectivity index (χ0n) is 12.5. The standard InChI is InChI=1S/C14H25N5/c1-5-11(2)18-6-8-19(9-7-18)14-12(3)13(15-4)16-10-17-14/h10-11H,5-9H2,1-4H3,(H,15,16,17). The molecule has 106 valence electrons. The average molecular weight is 263 g/mol. The van der Waals surface area contributed by atoms with Gasteiger partial charge in [-0.1, -0.05) is 6.92 Å². The van der Waals surface area contributed by atoms with Crippen LogP contribution in [-0.2, 0) is 0 Å². The van der Waals surface area contributed by atoms with Crippen LogP contribution in [0.25, 0.3) is 0 Å². The molecule has 1 aliphatic rings. The highest BCUT2D eigenvalue weighted by Crippen LogP contribution is 2.23. The van der Waals surface area contributed by atoms with Gasteiger partial charge in [0.25, 0.3) is 0 Å². The quantitative estimate of drug-likeness (QED) is 0.896. The monoisotopic (exact) mass is 263 g/mol. The SMILES string of the molecule is CCC(C)N1CCN(c2ncnc(NC)c2C)CC1. The predicted molar refractivity (Wildman–Crippen MR) is 79.9 cm³/mol. The summed E-state index contributed by atoms with van der Waals surface area (Å²) in [5, 5.41) is 3.12. The molecule has 1 atom stereocenters. The first-order valence-electron chi connectivity index (χ1n) is 7.15. The Morgan fingerprint density at radius 1 is 1.26 bits per heavy atom. The molecule has 0 bridgehead atoms. The van der Waals surface area contributed by atoms with E-state index >= 15 is 0 Å². The van der Waals surface area contributed by atoms with Crippen LogP contribution in [0.3, 0.4) is 0 Å². The van der Waals surface area contributed by atoms with E-state index in [0.717, 1.165) is 43.4 Å². The van der Waals surface area contributed by atoms with Gasteiger partial charge in [0, 0.05) is 44.8 Å². The van der Waals surface area contributed by atoms with Gasteiger partial charge in [0.05, 0.1) is 0 Å². The normalized spacial score (nSPS) is 18.4. The van der Waals surface area contributed by atoms with Gasteiger partial charge in [0.15, 0.2) is 0 Å². The third-order valence-corrected chi connectivity index (χ3v) is 4.12. The van der Waals surface area contributed by atoms with Gasteiger partial charge < -0.3 is 10.2 Å². The highest BCUT2D eigenvalue weighted by atomic mass is 15.3. The summed E-state index contributed by atoms with van der Waals surface area (Å²) in [5.74, 6) is 2.00. The van der Waals surface area contributed by atoms with Gasteiger partial charge in [-0.2, -0.15) is 0 Å². The number of piperazine rings is 1. The molecule has 0 aliphatic carbocycles. The van der Waals surface area contributed by atoms with Crippen molar-refractivity contribution in [1.82, 2.24) is 14.9 Å². The Kier molecular flexibility index (Phi) is 4.58. The number of hydrogen-bond donors (Lipinski definition) is 1. The van der Waals surface area contributed by atoms with Crippen molar-refractivity contribution in [2.24, 2.45) is 0 Å². The Hall–Kier alpha value is -1.36. The highest BCUT2D eigenvalue weighted by Gasteiger charge is 2.22. The van der Waals surface area contributed by atoms with Crippen LogP contribution in [-0.4, -0.2) is 54.1 Å². The maximum absolute atomic E-state index is 4.46. The van der Waals surface area contributed by atoms with E-state index in [9.17, 15) is 0 Å². The lowest BCUT2D eigenvalue weighted by atomic mass is 10.2. The van der Waals surface area contributed by atoms with Crippen LogP contribution < -0.4 is 10.2 Å². The van der Waals surface area contributed by atoms with Gasteiger partial charge in [0.1, 0.15) is 18.0 Å². The third-order valence-electron chi connectivity index (χ3n) is 4.12. The Balaban J connectivity index is 2.06. The first-order chi connectivity index (χ1) is 9.17. The van der Waals surface area contributed by atoms with E-state index in [1.807, 2.05) is 7.05 Å². The van der Waals surface area contributed by atoms with E-state index in [-0.39, 0.29) is 0 Å². The lowest BCUT2D eigenvalue weighted by Crippen LogP contribution is -2.49. The van der Waals surface area contributed by atoms with Crippen LogP contribution >= 0.6 is 0 Å². The summed E-state index contributed by atoms with van der Waals surface area (Å²) in [7, 11) is 1.90. The van der Waals surface area contributed by atoms with Gasteiger partial charge in [-0.15, -0.1) is 0 Å². The molecular formula is C14H25N5. The van der Waals surface area contributed by atoms with Crippen molar-refractivity contribution in [3.8, 4) is 0 Å². The lowest BCUT2D eigenvalue weighted by Gasteiger charge is -2.38. The van der Waals surface area contributed by atoms with Crippen LogP contribution in [0.2, 0.25) is 0 Å². The molecule has 1 aromatic heterocycles. The summed E-state index contributed by atoms with van der Waals surface area (Å²) < 4.78 is 0. The van der Waals surface area contributed by atoms with Crippen molar-refractivity contribution in [1.29, 1.82) is 0 Å². The molecule has 1 unspecified atom stereocenters. The Morgan fingerprint density at radius 3 is 2.53 bits per heavy atom. The molecule has 1 N–H and O–H groups in total. The minimum absolute atomic E-state index is 0.682. The van der Waals surface area contributed by atoms with Gasteiger partial charge in [-0.3, -0.25) is 4.90 Å². The number of nitrogens with one attached hydrogen (secondary N) is 1. The molecule has 0 saturated carbocycles. The topological polar surface area (TPSA) is 44.3 Å². The summed E-state index contributed by atoms with van der Waals surface area (Å²) in [5.41, 5.74) is 1.14. The van der Waals surface area contributed by atoms with Crippen molar-refractivity contribution >= 4 is 11.6 Å². The Labute approximate surface area is 116 Å². The van der Waals surface area contributed by atoms with Crippen LogP contribution in [0.15, 0.2) is 6.33 Å². The van der Waals surface area contributed by atoms with Gasteiger partial charge >= 0.3 is 0 Å². The van der Waals surface area contributed by atoms with E-state index in [0.29, 0.717) is 6.04 Å². The molecule has 0 spiro atoms. The van der Waals surface area contributed by atoms with Crippen molar-refractivity contribution in [2.45, 2.75) is 33.2 Å². The predicted octanol–water partition coefficient (Wildman–Crippen LogP) is 1.75. The van der Waals surface area contributed by atoms with Crippen LogP contribution in [0, 0.1) is 6.92 Å². The number of anilines is 2. The van der Waals surface area contributed by atoms with Gasteiger partial charge in [-0.25, -0.2) is 9.97 Å². The molecule has 19 heavy (non-hydrogen) atoms. The minimum atomic E-state index is 0.682. The third kappa shape index (κ3) is 2.97. The largest absolute Gasteiger partial charge is 0.373 e. The zero-order valence-corrected chi connectivity index (χ0v) is 12.5. The number of aromatic nitrogens is 2. The molecule has 1 aliphatic heterocycles. The molecular weight excluding hydrogens is 238 g/mol. The van der Waals surface area contributed by atoms with Gasteiger partial charge in [0.2, 0.25) is 0 Å². The summed E-state index contributed by atoms with van der Waals surface area (Å²) in [4.78, 5) is 13.6. The average Bonchev–Trinajstić information content (AvgIpc) is 2.47. The molecule has 1 fully saturated rings. The Bertz CT molecular complexity index is 412. The van der Waals surface area contributed by atoms with Crippen LogP contribution in [0.5, 0.6) is 0 Å². The maximum Gasteiger partial charge on any atom is 0.137 e. The minimum Gasteiger partial charge on any atom is -0.373 e. The lowest BCUT2D eigenvalue weighted by molar-refractivity contribution is 0.192. The summed E-state index contributed by atoms with van der Waals surface area (Å²) in [6.07, 6.45) is 2.87. The first kappa shape index (κ1) is 14.1. The molecule has 2 heterocycles. The van der Waals surface area contributed by atoms with Crippen LogP contribution in [0.1, 0.15) is 25.8 Å². The maximum atomic E-state index is 4.46. The Morgan fingerprint density at radius 2 is 1.95 bits per heavy atom. The zero-order chi connectivity index (χ0) is 13.8. The van der Waals surface area contributed by atoms with E-state index in [1.54, 1.807) is 6.33 Å². The van der Waals surface area contributed by atoms with E-state index in [4.69, 9.17) is 0 Å². The van der Waals surface area contributed by atoms with Crippen molar-refractivity contribution in [3.05, 3.63) is 11.9 Å². The molecule has 5 heteroatoms. The first-order valence-corrected chi connectivity index (χ1v) is 7.15. The van der Waals surface area contributed by atoms with E-state index in [1.165, 1.54) is 6.42 Å². The van der Waals surface area contributed by atoms with Gasteiger partial charge in [-0.05, 0) is 20.3 Å². The molecule has 1 aromatic rings. The summed E-state index contributed by atoms with van der Waals surface area (Å²) in [6, 6.07) is 0.682. The molecule has 0 aromatic carbocycles. The summed E-state index contributed by atoms with van der Waals surface area (Å²) in [6.45, 7) is 11.0. The molecule has 1 saturated heterocycles. The van der Waals surface area contributed by atoms with Crippen molar-refractivity contribution in [3.63, 3.8) is 0 Å². The number of rotatable bonds is 4.